The maximum atomic E-state index is 6.15. The van der Waals surface area contributed by atoms with Crippen molar-refractivity contribution in [2.45, 2.75) is 39.7 Å². The van der Waals surface area contributed by atoms with Gasteiger partial charge in [-0.05, 0) is 36.1 Å². The van der Waals surface area contributed by atoms with Crippen LogP contribution in [0, 0.1) is 5.92 Å². The lowest BCUT2D eigenvalue weighted by atomic mass is 10.0. The van der Waals surface area contributed by atoms with Crippen molar-refractivity contribution in [1.29, 1.82) is 0 Å². The van der Waals surface area contributed by atoms with Gasteiger partial charge in [0, 0.05) is 11.1 Å². The van der Waals surface area contributed by atoms with Gasteiger partial charge in [0.1, 0.15) is 5.75 Å². The van der Waals surface area contributed by atoms with Gasteiger partial charge in [-0.25, -0.2) is 0 Å². The quantitative estimate of drug-likeness (QED) is 0.828. The molecule has 0 amide bonds. The molecule has 0 saturated heterocycles. The van der Waals surface area contributed by atoms with Crippen molar-refractivity contribution < 1.29 is 4.74 Å². The maximum Gasteiger partial charge on any atom is 0.119 e. The minimum Gasteiger partial charge on any atom is -0.493 e. The number of halogens is 1. The van der Waals surface area contributed by atoms with Crippen LogP contribution in [0.15, 0.2) is 18.2 Å². The molecule has 0 saturated carbocycles. The zero-order chi connectivity index (χ0) is 12.8. The predicted molar refractivity (Wildman–Crippen MR) is 73.6 cm³/mol. The highest BCUT2D eigenvalue weighted by Gasteiger charge is 2.10. The van der Waals surface area contributed by atoms with Gasteiger partial charge in [0.15, 0.2) is 0 Å². The van der Waals surface area contributed by atoms with Crippen LogP contribution in [-0.2, 0) is 0 Å². The predicted octanol–water partition coefficient (Wildman–Crippen LogP) is 4.17. The van der Waals surface area contributed by atoms with Crippen LogP contribution in [0.3, 0.4) is 0 Å². The summed E-state index contributed by atoms with van der Waals surface area (Å²) in [7, 11) is 0. The van der Waals surface area contributed by atoms with Crippen molar-refractivity contribution in [2.75, 3.05) is 6.61 Å². The van der Waals surface area contributed by atoms with Crippen LogP contribution >= 0.6 is 11.6 Å². The SMILES string of the molecule is CCCC(N)c1cc(OCC(C)C)ccc1Cl. The Balaban J connectivity index is 2.78. The second kappa shape index (κ2) is 6.87. The smallest absolute Gasteiger partial charge is 0.119 e. The Bertz CT molecular complexity index is 352. The molecule has 0 aromatic heterocycles. The summed E-state index contributed by atoms with van der Waals surface area (Å²) in [5.41, 5.74) is 7.07. The summed E-state index contributed by atoms with van der Waals surface area (Å²) < 4.78 is 5.68. The van der Waals surface area contributed by atoms with Gasteiger partial charge in [-0.2, -0.15) is 0 Å². The summed E-state index contributed by atoms with van der Waals surface area (Å²) in [5.74, 6) is 1.36. The molecule has 96 valence electrons. The van der Waals surface area contributed by atoms with Crippen molar-refractivity contribution in [2.24, 2.45) is 11.7 Å². The average Bonchev–Trinajstić information content (AvgIpc) is 2.28. The first kappa shape index (κ1) is 14.3. The molecule has 2 nitrogen and oxygen atoms in total. The summed E-state index contributed by atoms with van der Waals surface area (Å²) in [6.07, 6.45) is 1.99. The van der Waals surface area contributed by atoms with E-state index in [1.807, 2.05) is 18.2 Å². The molecule has 0 aliphatic rings. The molecule has 1 atom stereocenters. The first-order valence-electron chi connectivity index (χ1n) is 6.22. The lowest BCUT2D eigenvalue weighted by molar-refractivity contribution is 0.270. The highest BCUT2D eigenvalue weighted by atomic mass is 35.5. The molecule has 0 aliphatic carbocycles. The summed E-state index contributed by atoms with van der Waals surface area (Å²) in [6.45, 7) is 7.08. The molecule has 1 rings (SSSR count). The van der Waals surface area contributed by atoms with Gasteiger partial charge >= 0.3 is 0 Å². The van der Waals surface area contributed by atoms with Crippen LogP contribution in [0.25, 0.3) is 0 Å². The van der Waals surface area contributed by atoms with E-state index in [1.54, 1.807) is 0 Å². The fraction of sp³-hybridized carbons (Fsp3) is 0.571. The molecule has 0 heterocycles. The summed E-state index contributed by atoms with van der Waals surface area (Å²) in [4.78, 5) is 0. The molecule has 1 unspecified atom stereocenters. The number of ether oxygens (including phenoxy) is 1. The molecule has 2 N–H and O–H groups in total. The third kappa shape index (κ3) is 4.57. The van der Waals surface area contributed by atoms with E-state index in [0.29, 0.717) is 12.5 Å². The number of hydrogen-bond acceptors (Lipinski definition) is 2. The Morgan fingerprint density at radius 1 is 1.35 bits per heavy atom. The van der Waals surface area contributed by atoms with Crippen LogP contribution in [-0.4, -0.2) is 6.61 Å². The number of benzene rings is 1. The molecule has 17 heavy (non-hydrogen) atoms. The van der Waals surface area contributed by atoms with E-state index in [1.165, 1.54) is 0 Å². The van der Waals surface area contributed by atoms with Gasteiger partial charge in [0.2, 0.25) is 0 Å². The summed E-state index contributed by atoms with van der Waals surface area (Å²) >= 11 is 6.15. The number of nitrogens with two attached hydrogens (primary N) is 1. The maximum absolute atomic E-state index is 6.15. The molecule has 0 spiro atoms. The second-order valence-corrected chi connectivity index (χ2v) is 5.19. The van der Waals surface area contributed by atoms with Gasteiger partial charge in [0.05, 0.1) is 6.61 Å². The topological polar surface area (TPSA) is 35.2 Å². The normalized spacial score (nSPS) is 12.8. The lowest BCUT2D eigenvalue weighted by Gasteiger charge is -2.15. The third-order valence-electron chi connectivity index (χ3n) is 2.55. The van der Waals surface area contributed by atoms with Crippen LogP contribution in [0.1, 0.15) is 45.2 Å². The first-order chi connectivity index (χ1) is 8.04. The fourth-order valence-electron chi connectivity index (χ4n) is 1.63. The second-order valence-electron chi connectivity index (χ2n) is 4.78. The number of hydrogen-bond donors (Lipinski definition) is 1. The largest absolute Gasteiger partial charge is 0.493 e. The van der Waals surface area contributed by atoms with Crippen LogP contribution < -0.4 is 10.5 Å². The Morgan fingerprint density at radius 3 is 2.65 bits per heavy atom. The van der Waals surface area contributed by atoms with Gasteiger partial charge in [-0.3, -0.25) is 0 Å². The zero-order valence-electron chi connectivity index (χ0n) is 10.9. The molecule has 1 aromatic carbocycles. The first-order valence-corrected chi connectivity index (χ1v) is 6.60. The van der Waals surface area contributed by atoms with Crippen molar-refractivity contribution in [3.63, 3.8) is 0 Å². The monoisotopic (exact) mass is 255 g/mol. The van der Waals surface area contributed by atoms with E-state index in [4.69, 9.17) is 22.1 Å². The lowest BCUT2D eigenvalue weighted by Crippen LogP contribution is -2.11. The van der Waals surface area contributed by atoms with Gasteiger partial charge < -0.3 is 10.5 Å². The molecular formula is C14H22ClNO. The Kier molecular flexibility index (Phi) is 5.79. The Labute approximate surface area is 109 Å². The average molecular weight is 256 g/mol. The van der Waals surface area contributed by atoms with Gasteiger partial charge in [0.25, 0.3) is 0 Å². The van der Waals surface area contributed by atoms with Gasteiger partial charge in [-0.1, -0.05) is 38.8 Å². The van der Waals surface area contributed by atoms with Crippen molar-refractivity contribution in [1.82, 2.24) is 0 Å². The fourth-order valence-corrected chi connectivity index (χ4v) is 1.88. The zero-order valence-corrected chi connectivity index (χ0v) is 11.6. The number of rotatable bonds is 6. The minimum absolute atomic E-state index is 0.00454. The molecular weight excluding hydrogens is 234 g/mol. The molecule has 0 bridgehead atoms. The van der Waals surface area contributed by atoms with Crippen LogP contribution in [0.2, 0.25) is 5.02 Å². The van der Waals surface area contributed by atoms with Crippen molar-refractivity contribution in [3.8, 4) is 5.75 Å². The van der Waals surface area contributed by atoms with E-state index < -0.39 is 0 Å². The highest BCUT2D eigenvalue weighted by molar-refractivity contribution is 6.31. The summed E-state index contributed by atoms with van der Waals surface area (Å²) in [5, 5.41) is 0.725. The Morgan fingerprint density at radius 2 is 2.06 bits per heavy atom. The van der Waals surface area contributed by atoms with Crippen LogP contribution in [0.4, 0.5) is 0 Å². The Hall–Kier alpha value is -0.730. The third-order valence-corrected chi connectivity index (χ3v) is 2.89. The van der Waals surface area contributed by atoms with E-state index in [9.17, 15) is 0 Å². The molecule has 0 fully saturated rings. The molecule has 3 heteroatoms. The molecule has 0 radical (unpaired) electrons. The summed E-state index contributed by atoms with van der Waals surface area (Å²) in [6, 6.07) is 5.72. The minimum atomic E-state index is -0.00454. The van der Waals surface area contributed by atoms with Crippen molar-refractivity contribution >= 4 is 11.6 Å². The van der Waals surface area contributed by atoms with Crippen molar-refractivity contribution in [3.05, 3.63) is 28.8 Å². The van der Waals surface area contributed by atoms with E-state index >= 15 is 0 Å². The molecule has 0 aliphatic heterocycles. The molecule has 1 aromatic rings. The van der Waals surface area contributed by atoms with E-state index in [-0.39, 0.29) is 6.04 Å². The standard InChI is InChI=1S/C14H22ClNO/c1-4-5-14(16)12-8-11(6-7-13(12)15)17-9-10(2)3/h6-8,10,14H,4-5,9,16H2,1-3H3. The highest BCUT2D eigenvalue weighted by Crippen LogP contribution is 2.28. The van der Waals surface area contributed by atoms with Crippen LogP contribution in [0.5, 0.6) is 5.75 Å². The van der Waals surface area contributed by atoms with E-state index in [2.05, 4.69) is 20.8 Å². The van der Waals surface area contributed by atoms with E-state index in [0.717, 1.165) is 29.2 Å². The van der Waals surface area contributed by atoms with Gasteiger partial charge in [-0.15, -0.1) is 0 Å².